The van der Waals surface area contributed by atoms with Crippen LogP contribution in [0.5, 0.6) is 0 Å². The average Bonchev–Trinajstić information content (AvgIpc) is 3.34. The highest BCUT2D eigenvalue weighted by Gasteiger charge is 2.42. The molecule has 3 heteroatoms. The molecule has 0 radical (unpaired) electrons. The molecule has 2 aromatic carbocycles. The van der Waals surface area contributed by atoms with E-state index >= 15 is 0 Å². The fourth-order valence-corrected chi connectivity index (χ4v) is 7.20. The van der Waals surface area contributed by atoms with E-state index < -0.39 is 0 Å². The number of fused-ring (bicyclic) bond motifs is 3. The minimum atomic E-state index is 0.139. The summed E-state index contributed by atoms with van der Waals surface area (Å²) < 4.78 is 2.41. The SMILES string of the molecule is CCCCCCC1(CCCCCC)c2cc(Br)ccc2-c2ccc(-c3ccc(Br)s3)cc21. The predicted molar refractivity (Wildman–Crippen MR) is 149 cm³/mol. The number of hydrogen-bond donors (Lipinski definition) is 0. The molecule has 0 atom stereocenters. The Kier molecular flexibility index (Phi) is 8.34. The molecule has 4 rings (SSSR count). The molecule has 170 valence electrons. The van der Waals surface area contributed by atoms with Crippen LogP contribution in [0.4, 0.5) is 0 Å². The Balaban J connectivity index is 1.80. The lowest BCUT2D eigenvalue weighted by Gasteiger charge is -2.33. The van der Waals surface area contributed by atoms with Gasteiger partial charge in [-0.1, -0.05) is 99.3 Å². The molecule has 0 spiro atoms. The molecule has 1 heterocycles. The monoisotopic (exact) mass is 572 g/mol. The van der Waals surface area contributed by atoms with E-state index in [1.54, 1.807) is 11.1 Å². The first-order valence-corrected chi connectivity index (χ1v) is 14.7. The lowest BCUT2D eigenvalue weighted by Crippen LogP contribution is -2.25. The highest BCUT2D eigenvalue weighted by atomic mass is 79.9. The molecule has 0 saturated heterocycles. The summed E-state index contributed by atoms with van der Waals surface area (Å²) in [5.74, 6) is 0. The zero-order valence-electron chi connectivity index (χ0n) is 19.4. The summed E-state index contributed by atoms with van der Waals surface area (Å²) >= 11 is 9.29. The minimum absolute atomic E-state index is 0.139. The number of rotatable bonds is 11. The van der Waals surface area contributed by atoms with Gasteiger partial charge in [0.2, 0.25) is 0 Å². The van der Waals surface area contributed by atoms with E-state index in [0.717, 1.165) is 0 Å². The van der Waals surface area contributed by atoms with Crippen LogP contribution >= 0.6 is 43.2 Å². The largest absolute Gasteiger partial charge is 0.128 e. The Morgan fingerprint density at radius 3 is 1.91 bits per heavy atom. The molecule has 0 nitrogen and oxygen atoms in total. The molecule has 1 aliphatic rings. The van der Waals surface area contributed by atoms with Crippen molar-refractivity contribution in [2.24, 2.45) is 0 Å². The smallest absolute Gasteiger partial charge is 0.0705 e. The molecule has 0 amide bonds. The number of benzene rings is 2. The first-order valence-electron chi connectivity index (χ1n) is 12.3. The van der Waals surface area contributed by atoms with E-state index in [1.165, 1.54) is 94.0 Å². The van der Waals surface area contributed by atoms with Crippen molar-refractivity contribution in [2.45, 2.75) is 83.5 Å². The van der Waals surface area contributed by atoms with Gasteiger partial charge in [-0.2, -0.15) is 0 Å². The van der Waals surface area contributed by atoms with Crippen LogP contribution in [0.3, 0.4) is 0 Å². The van der Waals surface area contributed by atoms with Crippen molar-refractivity contribution in [3.8, 4) is 21.6 Å². The van der Waals surface area contributed by atoms with Gasteiger partial charge in [0.25, 0.3) is 0 Å². The van der Waals surface area contributed by atoms with Gasteiger partial charge in [-0.15, -0.1) is 11.3 Å². The average molecular weight is 574 g/mol. The van der Waals surface area contributed by atoms with E-state index in [-0.39, 0.29) is 5.41 Å². The van der Waals surface area contributed by atoms with Gasteiger partial charge in [0.15, 0.2) is 0 Å². The van der Waals surface area contributed by atoms with Gasteiger partial charge in [0, 0.05) is 14.8 Å². The van der Waals surface area contributed by atoms with Crippen molar-refractivity contribution in [3.63, 3.8) is 0 Å². The minimum Gasteiger partial charge on any atom is -0.128 e. The fraction of sp³-hybridized carbons (Fsp3) is 0.448. The number of unbranched alkanes of at least 4 members (excludes halogenated alkanes) is 6. The summed E-state index contributed by atoms with van der Waals surface area (Å²) in [7, 11) is 0. The molecule has 3 aromatic rings. The molecular formula is C29H34Br2S. The quantitative estimate of drug-likeness (QED) is 0.200. The first-order chi connectivity index (χ1) is 15.6. The van der Waals surface area contributed by atoms with Crippen LogP contribution in [-0.2, 0) is 5.41 Å². The maximum absolute atomic E-state index is 3.80. The highest BCUT2D eigenvalue weighted by molar-refractivity contribution is 9.11. The summed E-state index contributed by atoms with van der Waals surface area (Å²) in [5, 5.41) is 0. The second-order valence-corrected chi connectivity index (χ2v) is 12.6. The maximum Gasteiger partial charge on any atom is 0.0705 e. The van der Waals surface area contributed by atoms with Crippen molar-refractivity contribution in [1.82, 2.24) is 0 Å². The van der Waals surface area contributed by atoms with E-state index in [0.29, 0.717) is 0 Å². The molecular weight excluding hydrogens is 540 g/mol. The van der Waals surface area contributed by atoms with E-state index in [9.17, 15) is 0 Å². The molecule has 0 bridgehead atoms. The maximum atomic E-state index is 3.80. The number of thiophene rings is 1. The van der Waals surface area contributed by atoms with Crippen LogP contribution < -0.4 is 0 Å². The third-order valence-electron chi connectivity index (χ3n) is 7.09. The molecule has 0 unspecified atom stereocenters. The lowest BCUT2D eigenvalue weighted by molar-refractivity contribution is 0.401. The Bertz CT molecular complexity index is 1040. The van der Waals surface area contributed by atoms with Gasteiger partial charge in [0.05, 0.1) is 3.79 Å². The molecule has 32 heavy (non-hydrogen) atoms. The van der Waals surface area contributed by atoms with Gasteiger partial charge in [0.1, 0.15) is 0 Å². The van der Waals surface area contributed by atoms with Crippen LogP contribution in [0.1, 0.15) is 89.2 Å². The van der Waals surface area contributed by atoms with Crippen LogP contribution in [0, 0.1) is 0 Å². The second-order valence-electron chi connectivity index (χ2n) is 9.26. The van der Waals surface area contributed by atoms with Gasteiger partial charge in [-0.3, -0.25) is 0 Å². The normalized spacial score (nSPS) is 13.9. The standard InChI is InChI=1S/C29H34Br2S/c1-3-5-7-9-17-29(18-10-8-6-4-2)25-19-21(27-15-16-28(31)32-27)11-13-23(25)24-14-12-22(30)20-26(24)29/h11-16,19-20H,3-10,17-18H2,1-2H3. The Hall–Kier alpha value is -0.900. The van der Waals surface area contributed by atoms with E-state index in [4.69, 9.17) is 0 Å². The molecule has 1 aliphatic carbocycles. The van der Waals surface area contributed by atoms with Gasteiger partial charge in [-0.25, -0.2) is 0 Å². The summed E-state index contributed by atoms with van der Waals surface area (Å²) in [6.07, 6.45) is 13.1. The molecule has 0 fully saturated rings. The van der Waals surface area contributed by atoms with Crippen molar-refractivity contribution in [2.75, 3.05) is 0 Å². The van der Waals surface area contributed by atoms with Crippen LogP contribution in [0.15, 0.2) is 56.8 Å². The second kappa shape index (κ2) is 11.0. The summed E-state index contributed by atoms with van der Waals surface area (Å²) in [6.45, 7) is 4.62. The van der Waals surface area contributed by atoms with E-state index in [1.807, 2.05) is 11.3 Å². The van der Waals surface area contributed by atoms with Crippen molar-refractivity contribution in [3.05, 3.63) is 67.9 Å². The van der Waals surface area contributed by atoms with Crippen molar-refractivity contribution < 1.29 is 0 Å². The predicted octanol–water partition coefficient (Wildman–Crippen LogP) is 11.1. The van der Waals surface area contributed by atoms with Gasteiger partial charge in [-0.05, 0) is 86.9 Å². The summed E-state index contributed by atoms with van der Waals surface area (Å²) in [5.41, 5.74) is 7.53. The van der Waals surface area contributed by atoms with Crippen LogP contribution in [-0.4, -0.2) is 0 Å². The molecule has 0 saturated carbocycles. The first kappa shape index (κ1) is 24.2. The van der Waals surface area contributed by atoms with Gasteiger partial charge >= 0.3 is 0 Å². The summed E-state index contributed by atoms with van der Waals surface area (Å²) in [6, 6.07) is 18.7. The van der Waals surface area contributed by atoms with Gasteiger partial charge < -0.3 is 0 Å². The highest BCUT2D eigenvalue weighted by Crippen LogP contribution is 2.55. The lowest BCUT2D eigenvalue weighted by atomic mass is 9.70. The summed E-state index contributed by atoms with van der Waals surface area (Å²) in [4.78, 5) is 1.35. The van der Waals surface area contributed by atoms with Crippen LogP contribution in [0.2, 0.25) is 0 Å². The number of halogens is 2. The zero-order valence-corrected chi connectivity index (χ0v) is 23.3. The van der Waals surface area contributed by atoms with E-state index in [2.05, 4.69) is 94.2 Å². The van der Waals surface area contributed by atoms with Crippen molar-refractivity contribution in [1.29, 1.82) is 0 Å². The Labute approximate surface area is 215 Å². The third-order valence-corrected chi connectivity index (χ3v) is 9.26. The molecule has 0 aliphatic heterocycles. The number of hydrogen-bond acceptors (Lipinski definition) is 1. The Morgan fingerprint density at radius 2 is 1.31 bits per heavy atom. The van der Waals surface area contributed by atoms with Crippen LogP contribution in [0.25, 0.3) is 21.6 Å². The zero-order chi connectivity index (χ0) is 22.6. The van der Waals surface area contributed by atoms with Crippen molar-refractivity contribution >= 4 is 43.2 Å². The molecule has 1 aromatic heterocycles. The third kappa shape index (κ3) is 4.95. The molecule has 0 N–H and O–H groups in total. The fourth-order valence-electron chi connectivity index (χ4n) is 5.46. The Morgan fingerprint density at radius 1 is 0.688 bits per heavy atom. The topological polar surface area (TPSA) is 0 Å².